The van der Waals surface area contributed by atoms with Crippen LogP contribution >= 0.6 is 0 Å². The SMILES string of the molecule is Cc1ccccc1CN1CCCCC(NC(=O)c2ccc3ccccc3c2)C1=O. The van der Waals surface area contributed by atoms with Gasteiger partial charge in [-0.05, 0) is 60.2 Å². The third-order valence-corrected chi connectivity index (χ3v) is 5.72. The first-order valence-corrected chi connectivity index (χ1v) is 10.2. The number of likely N-dealkylation sites (tertiary alicyclic amines) is 1. The molecule has 0 bridgehead atoms. The maximum Gasteiger partial charge on any atom is 0.251 e. The Morgan fingerprint density at radius 1 is 1.00 bits per heavy atom. The summed E-state index contributed by atoms with van der Waals surface area (Å²) in [6.45, 7) is 3.39. The van der Waals surface area contributed by atoms with Crippen molar-refractivity contribution in [2.24, 2.45) is 0 Å². The van der Waals surface area contributed by atoms with Gasteiger partial charge in [-0.15, -0.1) is 0 Å². The normalized spacial score (nSPS) is 17.2. The van der Waals surface area contributed by atoms with E-state index < -0.39 is 6.04 Å². The van der Waals surface area contributed by atoms with Crippen LogP contribution in [-0.2, 0) is 11.3 Å². The summed E-state index contributed by atoms with van der Waals surface area (Å²) in [6, 6.07) is 21.3. The van der Waals surface area contributed by atoms with Gasteiger partial charge in [-0.25, -0.2) is 0 Å². The van der Waals surface area contributed by atoms with Crippen LogP contribution in [0.3, 0.4) is 0 Å². The van der Waals surface area contributed by atoms with Crippen LogP contribution in [0.1, 0.15) is 40.7 Å². The highest BCUT2D eigenvalue weighted by atomic mass is 16.2. The van der Waals surface area contributed by atoms with E-state index in [9.17, 15) is 9.59 Å². The maximum absolute atomic E-state index is 13.2. The number of hydrogen-bond donors (Lipinski definition) is 1. The number of benzene rings is 3. The number of rotatable bonds is 4. The summed E-state index contributed by atoms with van der Waals surface area (Å²) in [7, 11) is 0. The summed E-state index contributed by atoms with van der Waals surface area (Å²) >= 11 is 0. The van der Waals surface area contributed by atoms with Crippen molar-refractivity contribution >= 4 is 22.6 Å². The van der Waals surface area contributed by atoms with E-state index in [0.717, 1.165) is 35.7 Å². The Labute approximate surface area is 171 Å². The van der Waals surface area contributed by atoms with E-state index >= 15 is 0 Å². The lowest BCUT2D eigenvalue weighted by atomic mass is 10.1. The molecule has 0 aliphatic carbocycles. The molecule has 0 radical (unpaired) electrons. The molecule has 4 heteroatoms. The number of aryl methyl sites for hydroxylation is 1. The standard InChI is InChI=1S/C25H26N2O2/c1-18-8-2-3-11-22(18)17-27-15-7-6-12-23(25(27)29)26-24(28)21-14-13-19-9-4-5-10-20(19)16-21/h2-5,8-11,13-14,16,23H,6-7,12,15,17H2,1H3,(H,26,28). The molecule has 1 unspecified atom stereocenters. The summed E-state index contributed by atoms with van der Waals surface area (Å²) in [4.78, 5) is 27.9. The van der Waals surface area contributed by atoms with Gasteiger partial charge in [-0.3, -0.25) is 9.59 Å². The van der Waals surface area contributed by atoms with Crippen LogP contribution in [0.2, 0.25) is 0 Å². The van der Waals surface area contributed by atoms with Crippen LogP contribution in [0, 0.1) is 6.92 Å². The second-order valence-electron chi connectivity index (χ2n) is 7.77. The first-order chi connectivity index (χ1) is 14.1. The predicted molar refractivity (Wildman–Crippen MR) is 116 cm³/mol. The maximum atomic E-state index is 13.2. The minimum absolute atomic E-state index is 0.0138. The molecule has 0 spiro atoms. The van der Waals surface area contributed by atoms with Gasteiger partial charge in [0.1, 0.15) is 6.04 Å². The fraction of sp³-hybridized carbons (Fsp3) is 0.280. The fourth-order valence-electron chi connectivity index (χ4n) is 3.96. The third kappa shape index (κ3) is 4.32. The molecule has 0 aromatic heterocycles. The summed E-state index contributed by atoms with van der Waals surface area (Å²) < 4.78 is 0. The topological polar surface area (TPSA) is 49.4 Å². The predicted octanol–water partition coefficient (Wildman–Crippen LogP) is 4.46. The smallest absolute Gasteiger partial charge is 0.251 e. The van der Waals surface area contributed by atoms with Crippen LogP contribution < -0.4 is 5.32 Å². The number of nitrogens with one attached hydrogen (secondary N) is 1. The van der Waals surface area contributed by atoms with Gasteiger partial charge in [0, 0.05) is 18.7 Å². The Hall–Kier alpha value is -3.14. The van der Waals surface area contributed by atoms with E-state index in [1.54, 1.807) is 0 Å². The molecule has 3 aromatic rings. The Balaban J connectivity index is 1.49. The lowest BCUT2D eigenvalue weighted by molar-refractivity contribution is -0.133. The molecule has 3 aromatic carbocycles. The van der Waals surface area contributed by atoms with Gasteiger partial charge in [0.25, 0.3) is 5.91 Å². The molecule has 2 amide bonds. The van der Waals surface area contributed by atoms with Gasteiger partial charge in [0.2, 0.25) is 5.91 Å². The van der Waals surface area contributed by atoms with E-state index in [0.29, 0.717) is 18.5 Å². The monoisotopic (exact) mass is 386 g/mol. The average molecular weight is 386 g/mol. The Morgan fingerprint density at radius 2 is 1.76 bits per heavy atom. The number of hydrogen-bond acceptors (Lipinski definition) is 2. The van der Waals surface area contributed by atoms with E-state index in [4.69, 9.17) is 0 Å². The van der Waals surface area contributed by atoms with Gasteiger partial charge in [0.05, 0.1) is 0 Å². The summed E-state index contributed by atoms with van der Waals surface area (Å²) in [5.74, 6) is -0.174. The van der Waals surface area contributed by atoms with Crippen molar-refractivity contribution in [2.75, 3.05) is 6.54 Å². The molecule has 4 rings (SSSR count). The zero-order valence-corrected chi connectivity index (χ0v) is 16.7. The zero-order valence-electron chi connectivity index (χ0n) is 16.7. The Morgan fingerprint density at radius 3 is 2.59 bits per heavy atom. The first kappa shape index (κ1) is 19.2. The van der Waals surface area contributed by atoms with E-state index in [2.05, 4.69) is 24.4 Å². The third-order valence-electron chi connectivity index (χ3n) is 5.72. The van der Waals surface area contributed by atoms with Gasteiger partial charge >= 0.3 is 0 Å². The van der Waals surface area contributed by atoms with E-state index in [-0.39, 0.29) is 11.8 Å². The highest BCUT2D eigenvalue weighted by Crippen LogP contribution is 2.19. The molecule has 148 valence electrons. The van der Waals surface area contributed by atoms with Gasteiger partial charge < -0.3 is 10.2 Å². The van der Waals surface area contributed by atoms with Gasteiger partial charge in [-0.1, -0.05) is 54.6 Å². The molecule has 4 nitrogen and oxygen atoms in total. The van der Waals surface area contributed by atoms with Crippen LogP contribution in [0.15, 0.2) is 66.7 Å². The Kier molecular flexibility index (Phi) is 5.61. The molecule has 1 aliphatic heterocycles. The first-order valence-electron chi connectivity index (χ1n) is 10.2. The molecule has 1 atom stereocenters. The van der Waals surface area contributed by atoms with Crippen molar-refractivity contribution in [3.8, 4) is 0 Å². The van der Waals surface area contributed by atoms with Crippen LogP contribution in [0.4, 0.5) is 0 Å². The molecular formula is C25H26N2O2. The molecule has 1 saturated heterocycles. The highest BCUT2D eigenvalue weighted by molar-refractivity contribution is 6.00. The highest BCUT2D eigenvalue weighted by Gasteiger charge is 2.28. The van der Waals surface area contributed by atoms with Crippen molar-refractivity contribution in [3.63, 3.8) is 0 Å². The van der Waals surface area contributed by atoms with Crippen molar-refractivity contribution in [1.82, 2.24) is 10.2 Å². The van der Waals surface area contributed by atoms with Crippen molar-refractivity contribution in [1.29, 1.82) is 0 Å². The van der Waals surface area contributed by atoms with Crippen LogP contribution in [0.25, 0.3) is 10.8 Å². The summed E-state index contributed by atoms with van der Waals surface area (Å²) in [5.41, 5.74) is 2.93. The largest absolute Gasteiger partial charge is 0.340 e. The minimum atomic E-state index is -0.472. The fourth-order valence-corrected chi connectivity index (χ4v) is 3.96. The molecule has 1 aliphatic rings. The number of carbonyl (C=O) groups is 2. The van der Waals surface area contributed by atoms with Gasteiger partial charge in [0.15, 0.2) is 0 Å². The Bertz CT molecular complexity index is 1040. The van der Waals surface area contributed by atoms with Crippen molar-refractivity contribution in [2.45, 2.75) is 38.8 Å². The van der Waals surface area contributed by atoms with E-state index in [1.807, 2.05) is 59.5 Å². The summed E-state index contributed by atoms with van der Waals surface area (Å²) in [5, 5.41) is 5.11. The number of fused-ring (bicyclic) bond motifs is 1. The van der Waals surface area contributed by atoms with Crippen LogP contribution in [-0.4, -0.2) is 29.3 Å². The molecule has 1 N–H and O–H groups in total. The van der Waals surface area contributed by atoms with Crippen LogP contribution in [0.5, 0.6) is 0 Å². The van der Waals surface area contributed by atoms with Gasteiger partial charge in [-0.2, -0.15) is 0 Å². The molecule has 29 heavy (non-hydrogen) atoms. The van der Waals surface area contributed by atoms with E-state index in [1.165, 1.54) is 5.56 Å². The van der Waals surface area contributed by atoms with Crippen molar-refractivity contribution < 1.29 is 9.59 Å². The lowest BCUT2D eigenvalue weighted by Crippen LogP contribution is -2.47. The summed E-state index contributed by atoms with van der Waals surface area (Å²) in [6.07, 6.45) is 2.57. The average Bonchev–Trinajstić information content (AvgIpc) is 2.91. The molecule has 1 fully saturated rings. The quantitative estimate of drug-likeness (QED) is 0.720. The minimum Gasteiger partial charge on any atom is -0.340 e. The number of nitrogens with zero attached hydrogens (tertiary/aromatic N) is 1. The lowest BCUT2D eigenvalue weighted by Gasteiger charge is -2.25. The second-order valence-corrected chi connectivity index (χ2v) is 7.77. The molecule has 1 heterocycles. The zero-order chi connectivity index (χ0) is 20.2. The molecular weight excluding hydrogens is 360 g/mol. The second kappa shape index (κ2) is 8.48. The molecule has 0 saturated carbocycles. The number of carbonyl (C=O) groups excluding carboxylic acids is 2. The van der Waals surface area contributed by atoms with Crippen molar-refractivity contribution in [3.05, 3.63) is 83.4 Å². The number of amides is 2.